The molecule has 10 heteroatoms. The summed E-state index contributed by atoms with van der Waals surface area (Å²) in [5.41, 5.74) is -2.29. The second-order valence-corrected chi connectivity index (χ2v) is 4.02. The number of rotatable bonds is 2. The predicted octanol–water partition coefficient (Wildman–Crippen LogP) is 4.07. The number of hydrogen-bond donors (Lipinski definition) is 0. The van der Waals surface area contributed by atoms with Crippen LogP contribution >= 0.6 is 22.6 Å². The molecule has 0 saturated carbocycles. The highest BCUT2D eigenvalue weighted by Gasteiger charge is 2.42. The molecule has 0 N–H and O–H groups in total. The molecule has 0 amide bonds. The number of halogens is 8. The minimum Gasteiger partial charge on any atom is -0.403 e. The van der Waals surface area contributed by atoms with E-state index in [1.165, 1.54) is 0 Å². The molecule has 0 atom stereocenters. The maximum atomic E-state index is 12.6. The van der Waals surface area contributed by atoms with E-state index in [0.717, 1.165) is 22.6 Å². The van der Waals surface area contributed by atoms with E-state index < -0.39 is 39.8 Å². The summed E-state index contributed by atoms with van der Waals surface area (Å²) in [7, 11) is 0. The Morgan fingerprint density at radius 1 is 1.17 bits per heavy atom. The zero-order valence-corrected chi connectivity index (χ0v) is 10.3. The SMILES string of the molecule is FCc1ncc(OC(F)(F)F)c(C(F)(F)F)c1I. The Morgan fingerprint density at radius 2 is 1.72 bits per heavy atom. The molecular weight excluding hydrogens is 386 g/mol. The molecule has 0 saturated heterocycles. The molecule has 0 spiro atoms. The lowest BCUT2D eigenvalue weighted by Gasteiger charge is -2.17. The van der Waals surface area contributed by atoms with Gasteiger partial charge in [-0.2, -0.15) is 13.2 Å². The van der Waals surface area contributed by atoms with Crippen molar-refractivity contribution >= 4 is 22.6 Å². The van der Waals surface area contributed by atoms with Crippen molar-refractivity contribution in [3.63, 3.8) is 0 Å². The van der Waals surface area contributed by atoms with Gasteiger partial charge in [-0.25, -0.2) is 4.39 Å². The maximum Gasteiger partial charge on any atom is 0.573 e. The summed E-state index contributed by atoms with van der Waals surface area (Å²) in [5.74, 6) is -1.50. The van der Waals surface area contributed by atoms with Gasteiger partial charge in [0.05, 0.1) is 15.5 Å². The molecule has 1 rings (SSSR count). The Labute approximate surface area is 109 Å². The fraction of sp³-hybridized carbons (Fsp3) is 0.375. The first-order valence-electron chi connectivity index (χ1n) is 4.12. The number of hydrogen-bond acceptors (Lipinski definition) is 2. The molecule has 0 bridgehead atoms. The molecular formula is C8H3F7INO. The molecule has 0 aromatic carbocycles. The summed E-state index contributed by atoms with van der Waals surface area (Å²) in [6.45, 7) is -1.33. The average molecular weight is 389 g/mol. The minimum atomic E-state index is -5.29. The van der Waals surface area contributed by atoms with Gasteiger partial charge >= 0.3 is 12.5 Å². The van der Waals surface area contributed by atoms with Crippen LogP contribution in [-0.4, -0.2) is 11.3 Å². The lowest BCUT2D eigenvalue weighted by molar-refractivity contribution is -0.276. The van der Waals surface area contributed by atoms with Crippen molar-refractivity contribution < 1.29 is 35.5 Å². The first kappa shape index (κ1) is 15.2. The van der Waals surface area contributed by atoms with Crippen LogP contribution in [0.25, 0.3) is 0 Å². The third-order valence-electron chi connectivity index (χ3n) is 1.69. The minimum absolute atomic E-state index is 0.202. The highest BCUT2D eigenvalue weighted by molar-refractivity contribution is 14.1. The van der Waals surface area contributed by atoms with Crippen molar-refractivity contribution in [2.45, 2.75) is 19.2 Å². The second kappa shape index (κ2) is 5.05. The maximum absolute atomic E-state index is 12.6. The summed E-state index contributed by atoms with van der Waals surface area (Å²) in [4.78, 5) is 3.15. The Kier molecular flexibility index (Phi) is 4.28. The number of nitrogens with zero attached hydrogens (tertiary/aromatic N) is 1. The van der Waals surface area contributed by atoms with E-state index in [4.69, 9.17) is 0 Å². The standard InChI is InChI=1S/C8H3F7INO/c9-1-3-6(16)5(7(10,11)12)4(2-17-3)18-8(13,14)15/h2H,1H2. The Bertz CT molecular complexity index is 442. The first-order chi connectivity index (χ1) is 8.06. The summed E-state index contributed by atoms with van der Waals surface area (Å²) in [6.07, 6.45) is -10.2. The van der Waals surface area contributed by atoms with E-state index in [-0.39, 0.29) is 6.20 Å². The van der Waals surface area contributed by atoms with E-state index in [0.29, 0.717) is 0 Å². The molecule has 2 nitrogen and oxygen atoms in total. The van der Waals surface area contributed by atoms with Crippen LogP contribution in [-0.2, 0) is 12.9 Å². The van der Waals surface area contributed by atoms with Crippen LogP contribution in [0.5, 0.6) is 5.75 Å². The van der Waals surface area contributed by atoms with Crippen molar-refractivity contribution in [3.8, 4) is 5.75 Å². The van der Waals surface area contributed by atoms with Gasteiger partial charge < -0.3 is 4.74 Å². The van der Waals surface area contributed by atoms with E-state index in [2.05, 4.69) is 9.72 Å². The zero-order valence-electron chi connectivity index (χ0n) is 8.16. The quantitative estimate of drug-likeness (QED) is 0.562. The highest BCUT2D eigenvalue weighted by atomic mass is 127. The Morgan fingerprint density at radius 3 is 2.11 bits per heavy atom. The van der Waals surface area contributed by atoms with Gasteiger partial charge in [-0.1, -0.05) is 0 Å². The second-order valence-electron chi connectivity index (χ2n) is 2.94. The van der Waals surface area contributed by atoms with E-state index >= 15 is 0 Å². The van der Waals surface area contributed by atoms with Crippen LogP contribution in [0, 0.1) is 3.57 Å². The summed E-state index contributed by atoms with van der Waals surface area (Å²) >= 11 is 1.07. The van der Waals surface area contributed by atoms with Crippen molar-refractivity contribution in [1.82, 2.24) is 4.98 Å². The van der Waals surface area contributed by atoms with Gasteiger partial charge in [-0.15, -0.1) is 13.2 Å². The molecule has 0 aliphatic carbocycles. The Hall–Kier alpha value is -0.810. The molecule has 0 fully saturated rings. The van der Waals surface area contributed by atoms with Crippen LogP contribution < -0.4 is 4.74 Å². The summed E-state index contributed by atoms with van der Waals surface area (Å²) in [6, 6.07) is 0. The Balaban J connectivity index is 3.39. The van der Waals surface area contributed by atoms with E-state index in [9.17, 15) is 30.7 Å². The molecule has 0 aliphatic heterocycles. The zero-order chi connectivity index (χ0) is 14.1. The summed E-state index contributed by atoms with van der Waals surface area (Å²) in [5, 5.41) is 0. The van der Waals surface area contributed by atoms with Crippen molar-refractivity contribution in [1.29, 1.82) is 0 Å². The molecule has 0 aliphatic rings. The van der Waals surface area contributed by atoms with E-state index in [1.807, 2.05) is 0 Å². The monoisotopic (exact) mass is 389 g/mol. The fourth-order valence-corrected chi connectivity index (χ4v) is 1.92. The average Bonchev–Trinajstić information content (AvgIpc) is 2.13. The lowest BCUT2D eigenvalue weighted by atomic mass is 10.2. The summed E-state index contributed by atoms with van der Waals surface area (Å²) < 4.78 is 88.4. The highest BCUT2D eigenvalue weighted by Crippen LogP contribution is 2.41. The van der Waals surface area contributed by atoms with Crippen molar-refractivity contribution in [2.75, 3.05) is 0 Å². The van der Waals surface area contributed by atoms with E-state index in [1.54, 1.807) is 0 Å². The molecule has 0 radical (unpaired) electrons. The van der Waals surface area contributed by atoms with Gasteiger partial charge in [0, 0.05) is 0 Å². The number of alkyl halides is 7. The molecule has 102 valence electrons. The van der Waals surface area contributed by atoms with Crippen molar-refractivity contribution in [3.05, 3.63) is 21.0 Å². The number of aromatic nitrogens is 1. The smallest absolute Gasteiger partial charge is 0.403 e. The normalized spacial score (nSPS) is 12.7. The molecule has 1 aromatic rings. The molecule has 18 heavy (non-hydrogen) atoms. The molecule has 0 unspecified atom stereocenters. The van der Waals surface area contributed by atoms with Crippen LogP contribution in [0.2, 0.25) is 0 Å². The topological polar surface area (TPSA) is 22.1 Å². The number of pyridine rings is 1. The third-order valence-corrected chi connectivity index (χ3v) is 2.85. The van der Waals surface area contributed by atoms with Gasteiger partial charge in [-0.05, 0) is 22.6 Å². The van der Waals surface area contributed by atoms with Gasteiger partial charge in [0.15, 0.2) is 5.75 Å². The van der Waals surface area contributed by atoms with Gasteiger partial charge in [0.2, 0.25) is 0 Å². The number of ether oxygens (including phenoxy) is 1. The van der Waals surface area contributed by atoms with Gasteiger partial charge in [0.25, 0.3) is 0 Å². The predicted molar refractivity (Wildman–Crippen MR) is 53.5 cm³/mol. The molecule has 1 aromatic heterocycles. The van der Waals surface area contributed by atoms with Gasteiger partial charge in [0.1, 0.15) is 12.2 Å². The van der Waals surface area contributed by atoms with Crippen LogP contribution in [0.4, 0.5) is 30.7 Å². The largest absolute Gasteiger partial charge is 0.573 e. The van der Waals surface area contributed by atoms with Gasteiger partial charge in [-0.3, -0.25) is 4.98 Å². The van der Waals surface area contributed by atoms with Crippen LogP contribution in [0.3, 0.4) is 0 Å². The van der Waals surface area contributed by atoms with Crippen molar-refractivity contribution in [2.24, 2.45) is 0 Å². The third kappa shape index (κ3) is 3.59. The van der Waals surface area contributed by atoms with Crippen LogP contribution in [0.15, 0.2) is 6.20 Å². The molecule has 1 heterocycles. The van der Waals surface area contributed by atoms with Crippen LogP contribution in [0.1, 0.15) is 11.3 Å². The first-order valence-corrected chi connectivity index (χ1v) is 5.20. The fourth-order valence-electron chi connectivity index (χ4n) is 1.07. The lowest BCUT2D eigenvalue weighted by Crippen LogP contribution is -2.21.